The number of hydrogen-bond donors (Lipinski definition) is 0. The van der Waals surface area contributed by atoms with Gasteiger partial charge in [-0.1, -0.05) is 6.07 Å². The van der Waals surface area contributed by atoms with Gasteiger partial charge in [-0.25, -0.2) is 0 Å². The van der Waals surface area contributed by atoms with Gasteiger partial charge in [-0.3, -0.25) is 4.79 Å². The Labute approximate surface area is 154 Å². The molecule has 1 fully saturated rings. The normalized spacial score (nSPS) is 22.4. The second-order valence-corrected chi connectivity index (χ2v) is 7.08. The Morgan fingerprint density at radius 2 is 1.89 bits per heavy atom. The Hall–Kier alpha value is -2.99. The van der Waals surface area contributed by atoms with Gasteiger partial charge < -0.3 is 23.4 Å². The van der Waals surface area contributed by atoms with E-state index in [1.54, 1.807) is 6.07 Å². The van der Waals surface area contributed by atoms with E-state index < -0.39 is 0 Å². The number of hydrogen-bond acceptors (Lipinski definition) is 6. The first-order valence-corrected chi connectivity index (χ1v) is 9.03. The van der Waals surface area contributed by atoms with E-state index in [9.17, 15) is 4.79 Å². The number of ether oxygens (including phenoxy) is 4. The zero-order chi connectivity index (χ0) is 18.0. The first kappa shape index (κ1) is 15.1. The molecule has 6 rings (SSSR count). The first-order valence-electron chi connectivity index (χ1n) is 9.03. The average Bonchev–Trinajstić information content (AvgIpc) is 3.34. The molecule has 4 heterocycles. The molecule has 0 aliphatic carbocycles. The zero-order valence-electron chi connectivity index (χ0n) is 14.4. The van der Waals surface area contributed by atoms with Gasteiger partial charge in [0.1, 0.15) is 17.6 Å². The molecule has 27 heavy (non-hydrogen) atoms. The summed E-state index contributed by atoms with van der Waals surface area (Å²) in [6.07, 6.45) is 3.10. The summed E-state index contributed by atoms with van der Waals surface area (Å²) in [5.74, 6) is 2.37. The van der Waals surface area contributed by atoms with Crippen molar-refractivity contribution in [3.8, 4) is 28.4 Å². The highest BCUT2D eigenvalue weighted by Gasteiger charge is 2.36. The van der Waals surface area contributed by atoms with Crippen molar-refractivity contribution in [2.75, 3.05) is 13.4 Å². The summed E-state index contributed by atoms with van der Waals surface area (Å²) in [5.41, 5.74) is 2.73. The third kappa shape index (κ3) is 2.20. The van der Waals surface area contributed by atoms with E-state index in [1.807, 2.05) is 24.3 Å². The lowest BCUT2D eigenvalue weighted by molar-refractivity contribution is -0.0697. The molecule has 0 amide bonds. The van der Waals surface area contributed by atoms with Crippen molar-refractivity contribution < 1.29 is 23.4 Å². The predicted molar refractivity (Wildman–Crippen MR) is 96.2 cm³/mol. The molecule has 1 saturated heterocycles. The van der Waals surface area contributed by atoms with Gasteiger partial charge in [0, 0.05) is 11.5 Å². The largest absolute Gasteiger partial charge is 0.464 e. The summed E-state index contributed by atoms with van der Waals surface area (Å²) < 4.78 is 28.3. The minimum Gasteiger partial charge on any atom is -0.464 e. The van der Waals surface area contributed by atoms with Crippen molar-refractivity contribution in [1.82, 2.24) is 0 Å². The second kappa shape index (κ2) is 5.50. The van der Waals surface area contributed by atoms with Crippen LogP contribution in [0.3, 0.4) is 0 Å². The topological polar surface area (TPSA) is 67.1 Å². The fraction of sp³-hybridized carbons (Fsp3) is 0.286. The molecule has 0 radical (unpaired) electrons. The smallest absolute Gasteiger partial charge is 0.231 e. The van der Waals surface area contributed by atoms with E-state index in [1.165, 1.54) is 6.26 Å². The Bertz CT molecular complexity index is 1130. The van der Waals surface area contributed by atoms with Crippen molar-refractivity contribution >= 4 is 11.0 Å². The molecule has 0 spiro atoms. The van der Waals surface area contributed by atoms with Crippen LogP contribution in [0.5, 0.6) is 17.2 Å². The molecule has 3 aromatic rings. The maximum atomic E-state index is 13.1. The van der Waals surface area contributed by atoms with Crippen LogP contribution >= 0.6 is 0 Å². The van der Waals surface area contributed by atoms with Gasteiger partial charge in [-0.2, -0.15) is 0 Å². The van der Waals surface area contributed by atoms with Crippen LogP contribution in [-0.4, -0.2) is 19.7 Å². The third-order valence-corrected chi connectivity index (χ3v) is 5.55. The number of rotatable bonds is 1. The zero-order valence-corrected chi connectivity index (χ0v) is 14.4. The molecular weight excluding hydrogens is 348 g/mol. The quantitative estimate of drug-likeness (QED) is 0.659. The van der Waals surface area contributed by atoms with Crippen LogP contribution < -0.4 is 19.6 Å². The summed E-state index contributed by atoms with van der Waals surface area (Å²) in [5, 5.41) is 0.560. The van der Waals surface area contributed by atoms with E-state index in [2.05, 4.69) is 0 Å². The molecule has 3 aliphatic rings. The summed E-state index contributed by atoms with van der Waals surface area (Å²) in [7, 11) is 0. The first-order chi connectivity index (χ1) is 13.3. The lowest BCUT2D eigenvalue weighted by Gasteiger charge is -2.27. The minimum absolute atomic E-state index is 0.0669. The molecule has 6 heteroatoms. The van der Waals surface area contributed by atoms with Crippen molar-refractivity contribution in [2.45, 2.75) is 19.1 Å². The maximum absolute atomic E-state index is 13.1. The summed E-state index contributed by atoms with van der Waals surface area (Å²) in [6.45, 7) is 0.905. The average molecular weight is 364 g/mol. The third-order valence-electron chi connectivity index (χ3n) is 5.55. The predicted octanol–water partition coefficient (Wildman–Crippen LogP) is 3.49. The van der Waals surface area contributed by atoms with Crippen LogP contribution in [0.1, 0.15) is 12.0 Å². The van der Waals surface area contributed by atoms with Crippen molar-refractivity contribution in [2.24, 2.45) is 5.92 Å². The molecule has 0 N–H and O–H groups in total. The lowest BCUT2D eigenvalue weighted by Crippen LogP contribution is -2.29. The Morgan fingerprint density at radius 3 is 2.85 bits per heavy atom. The molecule has 136 valence electrons. The fourth-order valence-corrected chi connectivity index (χ4v) is 4.13. The van der Waals surface area contributed by atoms with Crippen molar-refractivity contribution in [1.29, 1.82) is 0 Å². The Kier molecular flexibility index (Phi) is 3.08. The van der Waals surface area contributed by atoms with Crippen LogP contribution in [0.4, 0.5) is 0 Å². The van der Waals surface area contributed by atoms with Gasteiger partial charge in [0.05, 0.1) is 17.6 Å². The molecule has 0 saturated carbocycles. The molecule has 2 atom stereocenters. The van der Waals surface area contributed by atoms with Crippen molar-refractivity contribution in [3.05, 3.63) is 52.4 Å². The highest BCUT2D eigenvalue weighted by Crippen LogP contribution is 2.40. The van der Waals surface area contributed by atoms with Gasteiger partial charge in [0.15, 0.2) is 11.5 Å². The molecule has 2 aromatic carbocycles. The number of benzene rings is 2. The van der Waals surface area contributed by atoms with Gasteiger partial charge in [0.2, 0.25) is 18.5 Å². The van der Waals surface area contributed by atoms with Crippen molar-refractivity contribution in [3.63, 3.8) is 0 Å². The molecular formula is C21H16O6. The van der Waals surface area contributed by atoms with E-state index >= 15 is 0 Å². The molecule has 0 bridgehead atoms. The molecule has 6 nitrogen and oxygen atoms in total. The molecule has 2 unspecified atom stereocenters. The molecule has 3 aliphatic heterocycles. The van der Waals surface area contributed by atoms with E-state index in [0.717, 1.165) is 29.7 Å². The van der Waals surface area contributed by atoms with E-state index in [4.69, 9.17) is 23.4 Å². The van der Waals surface area contributed by atoms with Crippen LogP contribution in [0.2, 0.25) is 0 Å². The van der Waals surface area contributed by atoms with Crippen LogP contribution in [-0.2, 0) is 11.2 Å². The van der Waals surface area contributed by atoms with Crippen LogP contribution in [0, 0.1) is 5.92 Å². The number of fused-ring (bicyclic) bond motifs is 5. The van der Waals surface area contributed by atoms with Crippen LogP contribution in [0.25, 0.3) is 22.1 Å². The highest BCUT2D eigenvalue weighted by molar-refractivity contribution is 5.86. The highest BCUT2D eigenvalue weighted by atomic mass is 16.7. The fourth-order valence-electron chi connectivity index (χ4n) is 4.13. The maximum Gasteiger partial charge on any atom is 0.231 e. The SMILES string of the molecule is O=c1c(-c2ccc3c(c2)OCO3)coc2c3c(ccc12)OC1OCCC1C3. The molecule has 1 aromatic heterocycles. The summed E-state index contributed by atoms with van der Waals surface area (Å²) in [6, 6.07) is 9.07. The second-order valence-electron chi connectivity index (χ2n) is 7.08. The summed E-state index contributed by atoms with van der Waals surface area (Å²) >= 11 is 0. The monoisotopic (exact) mass is 364 g/mol. The van der Waals surface area contributed by atoms with Gasteiger partial charge >= 0.3 is 0 Å². The lowest BCUT2D eigenvalue weighted by atomic mass is 9.92. The van der Waals surface area contributed by atoms with E-state index in [0.29, 0.717) is 40.6 Å². The van der Waals surface area contributed by atoms with Crippen LogP contribution in [0.15, 0.2) is 45.8 Å². The van der Waals surface area contributed by atoms with Gasteiger partial charge in [-0.15, -0.1) is 0 Å². The minimum atomic E-state index is -0.186. The Morgan fingerprint density at radius 1 is 1.00 bits per heavy atom. The summed E-state index contributed by atoms with van der Waals surface area (Å²) in [4.78, 5) is 13.1. The van der Waals surface area contributed by atoms with Gasteiger partial charge in [0.25, 0.3) is 0 Å². The van der Waals surface area contributed by atoms with E-state index in [-0.39, 0.29) is 18.5 Å². The standard InChI is InChI=1S/C21H16O6/c22-19-13-2-4-16-14(7-12-5-6-23-21(12)27-16)20(13)24-9-15(19)11-1-3-17-18(8-11)26-10-25-17/h1-4,8-9,12,21H,5-7,10H2. The Balaban J connectivity index is 1.49. The van der Waals surface area contributed by atoms with Gasteiger partial charge in [-0.05, 0) is 42.7 Å².